The zero-order valence-corrected chi connectivity index (χ0v) is 11.4. The van der Waals surface area contributed by atoms with Crippen LogP contribution in [0.5, 0.6) is 0 Å². The highest BCUT2D eigenvalue weighted by Gasteiger charge is 2.25. The van der Waals surface area contributed by atoms with Crippen molar-refractivity contribution in [2.75, 3.05) is 11.9 Å². The van der Waals surface area contributed by atoms with Crippen LogP contribution in [-0.2, 0) is 0 Å². The van der Waals surface area contributed by atoms with Gasteiger partial charge in [0, 0.05) is 24.0 Å². The SMILES string of the molecule is CCC(CC)(CN)Nc1nc(C(C)C)ns1. The van der Waals surface area contributed by atoms with E-state index in [2.05, 4.69) is 42.4 Å². The lowest BCUT2D eigenvalue weighted by molar-refractivity contribution is 0.445. The molecule has 0 saturated carbocycles. The lowest BCUT2D eigenvalue weighted by Gasteiger charge is -2.30. The third-order valence-electron chi connectivity index (χ3n) is 3.07. The van der Waals surface area contributed by atoms with Crippen LogP contribution in [0.1, 0.15) is 52.3 Å². The Morgan fingerprint density at radius 3 is 2.38 bits per heavy atom. The molecule has 0 aliphatic heterocycles. The van der Waals surface area contributed by atoms with Gasteiger partial charge in [-0.15, -0.1) is 0 Å². The average Bonchev–Trinajstić information content (AvgIpc) is 2.74. The molecule has 0 atom stereocenters. The molecule has 0 spiro atoms. The van der Waals surface area contributed by atoms with Crippen molar-refractivity contribution in [1.29, 1.82) is 0 Å². The maximum Gasteiger partial charge on any atom is 0.203 e. The molecular formula is C11H22N4S. The molecule has 1 aromatic heterocycles. The fourth-order valence-corrected chi connectivity index (χ4v) is 2.34. The summed E-state index contributed by atoms with van der Waals surface area (Å²) in [6.45, 7) is 9.11. The number of nitrogens with two attached hydrogens (primary N) is 1. The Kier molecular flexibility index (Phi) is 4.68. The summed E-state index contributed by atoms with van der Waals surface area (Å²) in [6, 6.07) is 0. The Bertz CT molecular complexity index is 309. The molecule has 0 radical (unpaired) electrons. The molecule has 0 unspecified atom stereocenters. The van der Waals surface area contributed by atoms with Crippen LogP contribution in [0.3, 0.4) is 0 Å². The predicted octanol–water partition coefficient (Wildman–Crippen LogP) is 2.59. The van der Waals surface area contributed by atoms with Crippen molar-refractivity contribution in [2.45, 2.75) is 52.0 Å². The molecule has 0 aromatic carbocycles. The van der Waals surface area contributed by atoms with Crippen molar-refractivity contribution in [3.63, 3.8) is 0 Å². The zero-order chi connectivity index (χ0) is 12.2. The van der Waals surface area contributed by atoms with Crippen molar-refractivity contribution in [2.24, 2.45) is 5.73 Å². The average molecular weight is 242 g/mol. The van der Waals surface area contributed by atoms with Gasteiger partial charge in [0.15, 0.2) is 0 Å². The minimum Gasteiger partial charge on any atom is -0.354 e. The molecule has 92 valence electrons. The molecule has 1 rings (SSSR count). The first kappa shape index (κ1) is 13.4. The lowest BCUT2D eigenvalue weighted by Crippen LogP contribution is -2.44. The van der Waals surface area contributed by atoms with Gasteiger partial charge in [-0.2, -0.15) is 4.37 Å². The van der Waals surface area contributed by atoms with E-state index in [-0.39, 0.29) is 5.54 Å². The highest BCUT2D eigenvalue weighted by Crippen LogP contribution is 2.24. The minimum atomic E-state index is -0.0339. The van der Waals surface area contributed by atoms with Gasteiger partial charge < -0.3 is 11.1 Å². The van der Waals surface area contributed by atoms with E-state index < -0.39 is 0 Å². The summed E-state index contributed by atoms with van der Waals surface area (Å²) in [7, 11) is 0. The molecule has 0 bridgehead atoms. The smallest absolute Gasteiger partial charge is 0.203 e. The molecule has 0 fully saturated rings. The van der Waals surface area contributed by atoms with Gasteiger partial charge in [-0.05, 0) is 12.8 Å². The molecule has 3 N–H and O–H groups in total. The second-order valence-electron chi connectivity index (χ2n) is 4.43. The summed E-state index contributed by atoms with van der Waals surface area (Å²) in [4.78, 5) is 4.48. The number of anilines is 1. The highest BCUT2D eigenvalue weighted by molar-refractivity contribution is 7.09. The summed E-state index contributed by atoms with van der Waals surface area (Å²) >= 11 is 1.42. The molecule has 16 heavy (non-hydrogen) atoms. The van der Waals surface area contributed by atoms with Crippen LogP contribution >= 0.6 is 11.5 Å². The van der Waals surface area contributed by atoms with Gasteiger partial charge in [0.05, 0.1) is 5.54 Å². The Hall–Kier alpha value is -0.680. The second kappa shape index (κ2) is 5.59. The van der Waals surface area contributed by atoms with E-state index in [9.17, 15) is 0 Å². The topological polar surface area (TPSA) is 63.8 Å². The summed E-state index contributed by atoms with van der Waals surface area (Å²) in [5.41, 5.74) is 5.80. The third kappa shape index (κ3) is 2.92. The zero-order valence-electron chi connectivity index (χ0n) is 10.6. The van der Waals surface area contributed by atoms with Gasteiger partial charge in [-0.25, -0.2) is 4.98 Å². The van der Waals surface area contributed by atoms with E-state index in [1.165, 1.54) is 11.5 Å². The van der Waals surface area contributed by atoms with Gasteiger partial charge in [0.1, 0.15) is 5.82 Å². The van der Waals surface area contributed by atoms with Gasteiger partial charge in [0.2, 0.25) is 5.13 Å². The second-order valence-corrected chi connectivity index (χ2v) is 5.18. The Morgan fingerprint density at radius 2 is 2.00 bits per heavy atom. The lowest BCUT2D eigenvalue weighted by atomic mass is 9.93. The van der Waals surface area contributed by atoms with E-state index in [0.717, 1.165) is 23.8 Å². The first-order valence-electron chi connectivity index (χ1n) is 5.88. The fraction of sp³-hybridized carbons (Fsp3) is 0.818. The molecule has 0 saturated heterocycles. The van der Waals surface area contributed by atoms with Crippen LogP contribution in [0, 0.1) is 0 Å². The van der Waals surface area contributed by atoms with Gasteiger partial charge in [0.25, 0.3) is 0 Å². The standard InChI is InChI=1S/C11H22N4S/c1-5-11(6-2,7-12)14-10-13-9(8(3)4)15-16-10/h8H,5-7,12H2,1-4H3,(H,13,14,15). The number of rotatable bonds is 6. The molecular weight excluding hydrogens is 220 g/mol. The summed E-state index contributed by atoms with van der Waals surface area (Å²) in [5.74, 6) is 1.29. The van der Waals surface area contributed by atoms with E-state index in [1.54, 1.807) is 0 Å². The van der Waals surface area contributed by atoms with Crippen molar-refractivity contribution < 1.29 is 0 Å². The molecule has 0 aliphatic carbocycles. The van der Waals surface area contributed by atoms with E-state index >= 15 is 0 Å². The molecule has 0 aliphatic rings. The number of nitrogens with one attached hydrogen (secondary N) is 1. The van der Waals surface area contributed by atoms with Crippen molar-refractivity contribution in [3.05, 3.63) is 5.82 Å². The van der Waals surface area contributed by atoms with Gasteiger partial charge >= 0.3 is 0 Å². The summed E-state index contributed by atoms with van der Waals surface area (Å²) in [6.07, 6.45) is 1.99. The first-order chi connectivity index (χ1) is 7.56. The van der Waals surface area contributed by atoms with E-state index in [0.29, 0.717) is 12.5 Å². The van der Waals surface area contributed by atoms with Crippen LogP contribution in [0.2, 0.25) is 0 Å². The maximum absolute atomic E-state index is 5.84. The molecule has 0 amide bonds. The van der Waals surface area contributed by atoms with E-state index in [4.69, 9.17) is 5.73 Å². The van der Waals surface area contributed by atoms with Gasteiger partial charge in [-0.3, -0.25) is 0 Å². The van der Waals surface area contributed by atoms with Gasteiger partial charge in [-0.1, -0.05) is 27.7 Å². The number of hydrogen-bond acceptors (Lipinski definition) is 5. The largest absolute Gasteiger partial charge is 0.354 e. The summed E-state index contributed by atoms with van der Waals surface area (Å²) < 4.78 is 4.33. The predicted molar refractivity (Wildman–Crippen MR) is 70.0 cm³/mol. The Labute approximate surface area is 102 Å². The number of hydrogen-bond donors (Lipinski definition) is 2. The molecule has 1 aromatic rings. The minimum absolute atomic E-state index is 0.0339. The Balaban J connectivity index is 2.77. The number of nitrogens with zero attached hydrogens (tertiary/aromatic N) is 2. The third-order valence-corrected chi connectivity index (χ3v) is 3.72. The van der Waals surface area contributed by atoms with Crippen LogP contribution in [0.15, 0.2) is 0 Å². The van der Waals surface area contributed by atoms with Crippen LogP contribution in [-0.4, -0.2) is 21.4 Å². The van der Waals surface area contributed by atoms with Crippen LogP contribution in [0.4, 0.5) is 5.13 Å². The first-order valence-corrected chi connectivity index (χ1v) is 6.66. The highest BCUT2D eigenvalue weighted by atomic mass is 32.1. The van der Waals surface area contributed by atoms with Crippen molar-refractivity contribution in [1.82, 2.24) is 9.36 Å². The summed E-state index contributed by atoms with van der Waals surface area (Å²) in [5, 5.41) is 4.32. The number of aromatic nitrogens is 2. The molecule has 1 heterocycles. The van der Waals surface area contributed by atoms with Crippen molar-refractivity contribution >= 4 is 16.7 Å². The van der Waals surface area contributed by atoms with Crippen molar-refractivity contribution in [3.8, 4) is 0 Å². The fourth-order valence-electron chi connectivity index (χ4n) is 1.51. The normalized spacial score (nSPS) is 12.1. The molecule has 5 heteroatoms. The van der Waals surface area contributed by atoms with E-state index in [1.807, 2.05) is 0 Å². The quantitative estimate of drug-likeness (QED) is 0.805. The van der Waals surface area contributed by atoms with Crippen LogP contribution in [0.25, 0.3) is 0 Å². The Morgan fingerprint density at radius 1 is 1.38 bits per heavy atom. The monoisotopic (exact) mass is 242 g/mol. The van der Waals surface area contributed by atoms with Crippen LogP contribution < -0.4 is 11.1 Å². The maximum atomic E-state index is 5.84. The molecule has 4 nitrogen and oxygen atoms in total.